The molecule has 0 aliphatic heterocycles. The summed E-state index contributed by atoms with van der Waals surface area (Å²) in [5, 5.41) is 0. The van der Waals surface area contributed by atoms with Gasteiger partial charge < -0.3 is 0 Å². The normalized spacial score (nSPS) is 23.4. The van der Waals surface area contributed by atoms with E-state index in [2.05, 4.69) is 20.5 Å². The van der Waals surface area contributed by atoms with E-state index in [1.807, 2.05) is 0 Å². The van der Waals surface area contributed by atoms with Gasteiger partial charge in [-0.15, -0.1) is 0 Å². The van der Waals surface area contributed by atoms with Crippen LogP contribution in [0.25, 0.3) is 0 Å². The van der Waals surface area contributed by atoms with Crippen molar-refractivity contribution in [1.82, 2.24) is 4.34 Å². The first kappa shape index (κ1) is 3.62. The lowest BCUT2D eigenvalue weighted by Gasteiger charge is -1.77. The molecule has 1 N–H and O–H groups in total. The molecular formula is C3H6BrN. The average Bonchev–Trinajstić information content (AvgIpc) is 2.12. The molecule has 0 aromatic heterocycles. The highest BCUT2D eigenvalue weighted by molar-refractivity contribution is 9.08. The maximum atomic E-state index is 3.13. The largest absolute Gasteiger partial charge is 0.253 e. The monoisotopic (exact) mass is 135 g/mol. The molecule has 0 bridgehead atoms. The first-order valence-corrected chi connectivity index (χ1v) is 2.59. The molecule has 5 heavy (non-hydrogen) atoms. The van der Waals surface area contributed by atoms with Crippen molar-refractivity contribution in [3.63, 3.8) is 0 Å². The van der Waals surface area contributed by atoms with Crippen LogP contribution in [0.2, 0.25) is 0 Å². The molecule has 1 fully saturated rings. The summed E-state index contributed by atoms with van der Waals surface area (Å²) in [6, 6.07) is 0.801. The van der Waals surface area contributed by atoms with Crippen molar-refractivity contribution in [3.05, 3.63) is 0 Å². The summed E-state index contributed by atoms with van der Waals surface area (Å²) >= 11 is 3.13. The van der Waals surface area contributed by atoms with Crippen LogP contribution in [-0.2, 0) is 0 Å². The molecule has 1 rings (SSSR count). The van der Waals surface area contributed by atoms with Crippen LogP contribution in [0.3, 0.4) is 0 Å². The van der Waals surface area contributed by atoms with Crippen LogP contribution in [0.15, 0.2) is 0 Å². The molecule has 1 aliphatic carbocycles. The van der Waals surface area contributed by atoms with Gasteiger partial charge in [-0.05, 0) is 12.8 Å². The predicted molar refractivity (Wildman–Crippen MR) is 25.1 cm³/mol. The summed E-state index contributed by atoms with van der Waals surface area (Å²) in [5.41, 5.74) is 0. The predicted octanol–water partition coefficient (Wildman–Crippen LogP) is 1.05. The third-order valence-corrected chi connectivity index (χ3v) is 1.38. The fraction of sp³-hybridized carbons (Fsp3) is 1.00. The van der Waals surface area contributed by atoms with Gasteiger partial charge in [0, 0.05) is 22.2 Å². The third-order valence-electron chi connectivity index (χ3n) is 0.732. The van der Waals surface area contributed by atoms with Gasteiger partial charge >= 0.3 is 0 Å². The van der Waals surface area contributed by atoms with Gasteiger partial charge in [0.15, 0.2) is 0 Å². The lowest BCUT2D eigenvalue weighted by molar-refractivity contribution is 0.990. The Morgan fingerprint density at radius 1 is 1.60 bits per heavy atom. The summed E-state index contributed by atoms with van der Waals surface area (Å²) < 4.78 is 2.95. The zero-order valence-corrected chi connectivity index (χ0v) is 4.46. The van der Waals surface area contributed by atoms with Crippen LogP contribution in [0.5, 0.6) is 0 Å². The van der Waals surface area contributed by atoms with Gasteiger partial charge in [0.1, 0.15) is 0 Å². The molecule has 0 aromatic carbocycles. The molecule has 0 amide bonds. The van der Waals surface area contributed by atoms with E-state index in [4.69, 9.17) is 0 Å². The Labute approximate surface area is 40.1 Å². The molecule has 0 unspecified atom stereocenters. The highest BCUT2D eigenvalue weighted by Crippen LogP contribution is 2.19. The second-order valence-electron chi connectivity index (χ2n) is 1.38. The first-order valence-electron chi connectivity index (χ1n) is 1.79. The van der Waals surface area contributed by atoms with Crippen LogP contribution in [0.1, 0.15) is 12.8 Å². The summed E-state index contributed by atoms with van der Waals surface area (Å²) in [4.78, 5) is 0. The van der Waals surface area contributed by atoms with E-state index in [0.717, 1.165) is 6.04 Å². The van der Waals surface area contributed by atoms with Crippen LogP contribution in [0.4, 0.5) is 0 Å². The highest BCUT2D eigenvalue weighted by Gasteiger charge is 2.18. The minimum atomic E-state index is 0.801. The molecule has 0 aromatic rings. The molecule has 30 valence electrons. The Morgan fingerprint density at radius 3 is 2.20 bits per heavy atom. The second-order valence-corrected chi connectivity index (χ2v) is 1.84. The molecule has 1 nitrogen and oxygen atoms in total. The molecule has 0 atom stereocenters. The van der Waals surface area contributed by atoms with Crippen molar-refractivity contribution in [1.29, 1.82) is 0 Å². The van der Waals surface area contributed by atoms with Gasteiger partial charge in [0.2, 0.25) is 0 Å². The van der Waals surface area contributed by atoms with E-state index < -0.39 is 0 Å². The van der Waals surface area contributed by atoms with Gasteiger partial charge in [0.05, 0.1) is 0 Å². The minimum absolute atomic E-state index is 0.801. The summed E-state index contributed by atoms with van der Waals surface area (Å²) in [6.07, 6.45) is 2.70. The Kier molecular flexibility index (Phi) is 0.918. The van der Waals surface area contributed by atoms with Gasteiger partial charge in [-0.25, -0.2) is 0 Å². The molecule has 0 heterocycles. The van der Waals surface area contributed by atoms with Gasteiger partial charge in [-0.2, -0.15) is 0 Å². The summed E-state index contributed by atoms with van der Waals surface area (Å²) in [7, 11) is 0. The fourth-order valence-electron chi connectivity index (χ4n) is 0.192. The van der Waals surface area contributed by atoms with Crippen molar-refractivity contribution in [2.45, 2.75) is 18.9 Å². The number of hydrogen-bond acceptors (Lipinski definition) is 1. The molecule has 1 aliphatic rings. The average molecular weight is 136 g/mol. The zero-order chi connectivity index (χ0) is 3.70. The Balaban J connectivity index is 2.00. The Morgan fingerprint density at radius 2 is 2.20 bits per heavy atom. The highest BCUT2D eigenvalue weighted by atomic mass is 79.9. The number of hydrogen-bond donors (Lipinski definition) is 1. The first-order chi connectivity index (χ1) is 2.43. The molecule has 0 radical (unpaired) electrons. The molecule has 0 saturated heterocycles. The van der Waals surface area contributed by atoms with Crippen LogP contribution < -0.4 is 4.34 Å². The molecule has 0 spiro atoms. The molecular weight excluding hydrogens is 130 g/mol. The van der Waals surface area contributed by atoms with Crippen LogP contribution in [0, 0.1) is 0 Å². The van der Waals surface area contributed by atoms with Crippen LogP contribution >= 0.6 is 16.1 Å². The van der Waals surface area contributed by atoms with Gasteiger partial charge in [0.25, 0.3) is 0 Å². The smallest absolute Gasteiger partial charge is 0.0176 e. The van der Waals surface area contributed by atoms with Crippen LogP contribution in [-0.4, -0.2) is 6.04 Å². The topological polar surface area (TPSA) is 12.0 Å². The maximum absolute atomic E-state index is 3.13. The van der Waals surface area contributed by atoms with E-state index >= 15 is 0 Å². The second kappa shape index (κ2) is 1.27. The fourth-order valence-corrected chi connectivity index (χ4v) is 0.650. The van der Waals surface area contributed by atoms with Crippen molar-refractivity contribution in [2.24, 2.45) is 0 Å². The van der Waals surface area contributed by atoms with Crippen molar-refractivity contribution in [2.75, 3.05) is 0 Å². The lowest BCUT2D eigenvalue weighted by Crippen LogP contribution is -1.96. The Bertz CT molecular complexity index is 33.9. The lowest BCUT2D eigenvalue weighted by atomic mass is 10.8. The zero-order valence-electron chi connectivity index (χ0n) is 2.87. The van der Waals surface area contributed by atoms with E-state index in [1.54, 1.807) is 0 Å². The van der Waals surface area contributed by atoms with Crippen molar-refractivity contribution >= 4 is 16.1 Å². The summed E-state index contributed by atoms with van der Waals surface area (Å²) in [6.45, 7) is 0. The minimum Gasteiger partial charge on any atom is -0.253 e. The van der Waals surface area contributed by atoms with Crippen molar-refractivity contribution < 1.29 is 0 Å². The Hall–Kier alpha value is 0.440. The SMILES string of the molecule is BrNC1CC1. The standard InChI is InChI=1S/C3H6BrN/c4-5-3-1-2-3/h3,5H,1-2H2. The molecule has 1 saturated carbocycles. The van der Waals surface area contributed by atoms with E-state index in [0.29, 0.717) is 0 Å². The third kappa shape index (κ3) is 0.893. The van der Waals surface area contributed by atoms with Crippen molar-refractivity contribution in [3.8, 4) is 0 Å². The van der Waals surface area contributed by atoms with E-state index in [-0.39, 0.29) is 0 Å². The van der Waals surface area contributed by atoms with Gasteiger partial charge in [-0.3, -0.25) is 4.34 Å². The number of rotatable bonds is 1. The summed E-state index contributed by atoms with van der Waals surface area (Å²) in [5.74, 6) is 0. The number of halogens is 1. The molecule has 2 heteroatoms. The van der Waals surface area contributed by atoms with E-state index in [1.165, 1.54) is 12.8 Å². The van der Waals surface area contributed by atoms with E-state index in [9.17, 15) is 0 Å². The van der Waals surface area contributed by atoms with Gasteiger partial charge in [-0.1, -0.05) is 0 Å². The quantitative estimate of drug-likeness (QED) is 0.531. The number of nitrogens with one attached hydrogen (secondary N) is 1. The maximum Gasteiger partial charge on any atom is 0.0176 e.